The van der Waals surface area contributed by atoms with Gasteiger partial charge in [-0.15, -0.1) is 0 Å². The van der Waals surface area contributed by atoms with Crippen molar-refractivity contribution in [2.75, 3.05) is 7.11 Å². The molecule has 0 spiro atoms. The second kappa shape index (κ2) is 4.90. The van der Waals surface area contributed by atoms with E-state index in [0.717, 1.165) is 0 Å². The van der Waals surface area contributed by atoms with E-state index in [2.05, 4.69) is 9.71 Å². The van der Waals surface area contributed by atoms with Crippen LogP contribution in [0.3, 0.4) is 0 Å². The first-order valence-corrected chi connectivity index (χ1v) is 7.63. The van der Waals surface area contributed by atoms with Crippen molar-refractivity contribution in [2.24, 2.45) is 5.41 Å². The summed E-state index contributed by atoms with van der Waals surface area (Å²) >= 11 is 0. The molecule has 0 aromatic carbocycles. The summed E-state index contributed by atoms with van der Waals surface area (Å²) in [7, 11) is -1.92. The zero-order valence-electron chi connectivity index (χ0n) is 11.3. The van der Waals surface area contributed by atoms with Gasteiger partial charge in [-0.05, 0) is 12.5 Å². The van der Waals surface area contributed by atoms with Crippen LogP contribution in [0.15, 0.2) is 17.2 Å². The summed E-state index contributed by atoms with van der Waals surface area (Å²) < 4.78 is 32.4. The van der Waals surface area contributed by atoms with Crippen LogP contribution in [0.5, 0.6) is 0 Å². The van der Waals surface area contributed by atoms with Crippen molar-refractivity contribution < 1.29 is 18.3 Å². The SMILES string of the molecule is COC1CC(NS(=O)(=O)c2c[nH]c(CO)c2)C1(C)C. The van der Waals surface area contributed by atoms with Crippen LogP contribution in [0.1, 0.15) is 26.0 Å². The minimum atomic E-state index is -3.56. The van der Waals surface area contributed by atoms with Gasteiger partial charge in [0, 0.05) is 30.5 Å². The Balaban J connectivity index is 2.11. The number of aromatic amines is 1. The van der Waals surface area contributed by atoms with Crippen molar-refractivity contribution in [3.8, 4) is 0 Å². The molecule has 108 valence electrons. The lowest BCUT2D eigenvalue weighted by molar-refractivity contribution is -0.0908. The molecular formula is C12H20N2O4S. The first-order valence-electron chi connectivity index (χ1n) is 6.14. The molecular weight excluding hydrogens is 268 g/mol. The summed E-state index contributed by atoms with van der Waals surface area (Å²) in [5.74, 6) is 0. The molecule has 0 aliphatic heterocycles. The van der Waals surface area contributed by atoms with Crippen LogP contribution in [-0.2, 0) is 21.4 Å². The zero-order chi connectivity index (χ0) is 14.3. The predicted molar refractivity (Wildman–Crippen MR) is 70.0 cm³/mol. The number of aromatic nitrogens is 1. The van der Waals surface area contributed by atoms with Gasteiger partial charge in [-0.25, -0.2) is 13.1 Å². The molecule has 1 saturated carbocycles. The minimum absolute atomic E-state index is 0.0689. The highest BCUT2D eigenvalue weighted by Gasteiger charge is 2.50. The number of H-pyrrole nitrogens is 1. The Kier molecular flexibility index (Phi) is 3.74. The van der Waals surface area contributed by atoms with E-state index in [1.54, 1.807) is 7.11 Å². The number of nitrogens with one attached hydrogen (secondary N) is 2. The number of rotatable bonds is 5. The number of methoxy groups -OCH3 is 1. The molecule has 1 fully saturated rings. The first kappa shape index (κ1) is 14.5. The van der Waals surface area contributed by atoms with Gasteiger partial charge in [0.15, 0.2) is 0 Å². The van der Waals surface area contributed by atoms with Crippen LogP contribution < -0.4 is 4.72 Å². The molecule has 1 aromatic heterocycles. The molecule has 3 N–H and O–H groups in total. The van der Waals surface area contributed by atoms with E-state index in [9.17, 15) is 8.42 Å². The molecule has 1 heterocycles. The van der Waals surface area contributed by atoms with Crippen LogP contribution in [0.2, 0.25) is 0 Å². The topological polar surface area (TPSA) is 91.4 Å². The van der Waals surface area contributed by atoms with Gasteiger partial charge in [-0.1, -0.05) is 13.8 Å². The fourth-order valence-corrected chi connectivity index (χ4v) is 3.83. The van der Waals surface area contributed by atoms with E-state index in [-0.39, 0.29) is 29.1 Å². The molecule has 1 aliphatic carbocycles. The average molecular weight is 288 g/mol. The van der Waals surface area contributed by atoms with Crippen LogP contribution in [0, 0.1) is 5.41 Å². The average Bonchev–Trinajstić information content (AvgIpc) is 2.83. The van der Waals surface area contributed by atoms with Crippen molar-refractivity contribution in [2.45, 2.75) is 43.9 Å². The largest absolute Gasteiger partial charge is 0.390 e. The molecule has 7 heteroatoms. The molecule has 1 aliphatic rings. The molecule has 2 atom stereocenters. The van der Waals surface area contributed by atoms with Crippen molar-refractivity contribution in [1.29, 1.82) is 0 Å². The summed E-state index contributed by atoms with van der Waals surface area (Å²) in [6.45, 7) is 3.75. The van der Waals surface area contributed by atoms with Crippen molar-refractivity contribution in [1.82, 2.24) is 9.71 Å². The molecule has 0 radical (unpaired) electrons. The van der Waals surface area contributed by atoms with Gasteiger partial charge in [0.1, 0.15) is 0 Å². The van der Waals surface area contributed by atoms with Gasteiger partial charge in [0.25, 0.3) is 0 Å². The minimum Gasteiger partial charge on any atom is -0.390 e. The monoisotopic (exact) mass is 288 g/mol. The molecule has 2 rings (SSSR count). The summed E-state index contributed by atoms with van der Waals surface area (Å²) in [6, 6.07) is 1.29. The standard InChI is InChI=1S/C12H20N2O4S/c1-12(2)10(5-11(12)18-3)14-19(16,17)9-4-8(7-15)13-6-9/h4,6,10-11,13-15H,5,7H2,1-3H3. The lowest BCUT2D eigenvalue weighted by Crippen LogP contribution is -2.61. The maximum Gasteiger partial charge on any atom is 0.242 e. The smallest absolute Gasteiger partial charge is 0.242 e. The highest BCUT2D eigenvalue weighted by molar-refractivity contribution is 7.89. The fraction of sp³-hybridized carbons (Fsp3) is 0.667. The van der Waals surface area contributed by atoms with E-state index in [0.29, 0.717) is 12.1 Å². The Labute approximate surface area is 113 Å². The Hall–Kier alpha value is -0.890. The number of hydrogen-bond donors (Lipinski definition) is 3. The molecule has 2 unspecified atom stereocenters. The quantitative estimate of drug-likeness (QED) is 0.740. The van der Waals surface area contributed by atoms with Crippen molar-refractivity contribution in [3.05, 3.63) is 18.0 Å². The first-order chi connectivity index (χ1) is 8.81. The number of aliphatic hydroxyl groups excluding tert-OH is 1. The predicted octanol–water partition coefficient (Wildman–Crippen LogP) is 0.599. The number of aliphatic hydroxyl groups is 1. The highest BCUT2D eigenvalue weighted by atomic mass is 32.2. The molecule has 1 aromatic rings. The second-order valence-electron chi connectivity index (χ2n) is 5.47. The third kappa shape index (κ3) is 2.55. The van der Waals surface area contributed by atoms with E-state index in [4.69, 9.17) is 9.84 Å². The number of sulfonamides is 1. The maximum absolute atomic E-state index is 12.2. The number of hydrogen-bond acceptors (Lipinski definition) is 4. The Morgan fingerprint density at radius 1 is 1.58 bits per heavy atom. The molecule has 0 saturated heterocycles. The lowest BCUT2D eigenvalue weighted by Gasteiger charge is -2.50. The summed E-state index contributed by atoms with van der Waals surface area (Å²) in [4.78, 5) is 2.86. The van der Waals surface area contributed by atoms with Gasteiger partial charge < -0.3 is 14.8 Å². The van der Waals surface area contributed by atoms with E-state index in [1.165, 1.54) is 12.3 Å². The van der Waals surface area contributed by atoms with E-state index in [1.807, 2.05) is 13.8 Å². The van der Waals surface area contributed by atoms with Gasteiger partial charge in [-0.2, -0.15) is 0 Å². The Morgan fingerprint density at radius 2 is 2.26 bits per heavy atom. The normalized spacial score (nSPS) is 26.1. The number of ether oxygens (including phenoxy) is 1. The molecule has 0 amide bonds. The second-order valence-corrected chi connectivity index (χ2v) is 7.19. The summed E-state index contributed by atoms with van der Waals surface area (Å²) in [5.41, 5.74) is 0.251. The van der Waals surface area contributed by atoms with Gasteiger partial charge in [0.2, 0.25) is 10.0 Å². The third-order valence-electron chi connectivity index (χ3n) is 3.96. The van der Waals surface area contributed by atoms with Crippen LogP contribution in [-0.4, -0.2) is 37.8 Å². The lowest BCUT2D eigenvalue weighted by atomic mass is 9.65. The van der Waals surface area contributed by atoms with Gasteiger partial charge in [0.05, 0.1) is 17.6 Å². The fourth-order valence-electron chi connectivity index (χ4n) is 2.41. The van der Waals surface area contributed by atoms with Crippen LogP contribution >= 0.6 is 0 Å². The zero-order valence-corrected chi connectivity index (χ0v) is 12.1. The van der Waals surface area contributed by atoms with Gasteiger partial charge in [-0.3, -0.25) is 0 Å². The summed E-state index contributed by atoms with van der Waals surface area (Å²) in [5, 5.41) is 8.94. The Bertz CT molecular complexity index is 550. The third-order valence-corrected chi connectivity index (χ3v) is 5.41. The Morgan fingerprint density at radius 3 is 2.74 bits per heavy atom. The maximum atomic E-state index is 12.2. The molecule has 6 nitrogen and oxygen atoms in total. The highest BCUT2D eigenvalue weighted by Crippen LogP contribution is 2.43. The van der Waals surface area contributed by atoms with Gasteiger partial charge >= 0.3 is 0 Å². The molecule has 19 heavy (non-hydrogen) atoms. The van der Waals surface area contributed by atoms with Crippen molar-refractivity contribution >= 4 is 10.0 Å². The van der Waals surface area contributed by atoms with E-state index >= 15 is 0 Å². The summed E-state index contributed by atoms with van der Waals surface area (Å²) in [6.07, 6.45) is 2.12. The van der Waals surface area contributed by atoms with Crippen molar-refractivity contribution in [3.63, 3.8) is 0 Å². The van der Waals surface area contributed by atoms with Crippen LogP contribution in [0.4, 0.5) is 0 Å². The van der Waals surface area contributed by atoms with Crippen LogP contribution in [0.25, 0.3) is 0 Å². The molecule has 0 bridgehead atoms. The van der Waals surface area contributed by atoms with E-state index < -0.39 is 10.0 Å².